The Labute approximate surface area is 122 Å². The molecule has 0 fully saturated rings. The van der Waals surface area contributed by atoms with E-state index in [-0.39, 0.29) is 12.5 Å². The smallest absolute Gasteiger partial charge is 0.265 e. The number of anilines is 1. The van der Waals surface area contributed by atoms with Gasteiger partial charge in [-0.15, -0.1) is 0 Å². The largest absolute Gasteiger partial charge is 0.481 e. The lowest BCUT2D eigenvalue weighted by Crippen LogP contribution is -2.30. The molecular formula is C16H16FNO3. The predicted octanol–water partition coefficient (Wildman–Crippen LogP) is 2.72. The number of benzene rings is 2. The minimum atomic E-state index is -0.760. The van der Waals surface area contributed by atoms with E-state index in [0.29, 0.717) is 11.4 Å². The molecule has 0 saturated carbocycles. The van der Waals surface area contributed by atoms with E-state index >= 15 is 0 Å². The molecule has 2 aromatic rings. The maximum Gasteiger partial charge on any atom is 0.265 e. The first-order valence-corrected chi connectivity index (χ1v) is 6.51. The number of carbonyl (C=O) groups is 1. The highest BCUT2D eigenvalue weighted by atomic mass is 19.1. The van der Waals surface area contributed by atoms with Gasteiger partial charge in [-0.25, -0.2) is 4.39 Å². The Bertz CT molecular complexity index is 613. The zero-order valence-corrected chi connectivity index (χ0v) is 11.5. The minimum Gasteiger partial charge on any atom is -0.481 e. The molecule has 2 N–H and O–H groups in total. The van der Waals surface area contributed by atoms with Crippen LogP contribution in [0, 0.1) is 5.82 Å². The van der Waals surface area contributed by atoms with Gasteiger partial charge in [0.2, 0.25) is 0 Å². The molecule has 2 aromatic carbocycles. The van der Waals surface area contributed by atoms with Crippen molar-refractivity contribution in [3.8, 4) is 5.75 Å². The topological polar surface area (TPSA) is 58.6 Å². The van der Waals surface area contributed by atoms with Crippen molar-refractivity contribution in [2.45, 2.75) is 19.6 Å². The van der Waals surface area contributed by atoms with E-state index in [1.165, 1.54) is 18.2 Å². The van der Waals surface area contributed by atoms with Crippen molar-refractivity contribution in [3.63, 3.8) is 0 Å². The second-order valence-corrected chi connectivity index (χ2v) is 4.56. The summed E-state index contributed by atoms with van der Waals surface area (Å²) < 4.78 is 18.4. The SMILES string of the molecule is CC(Oc1cccc(F)c1)C(=O)Nc1ccc(CO)cc1. The Kier molecular flexibility index (Phi) is 4.90. The summed E-state index contributed by atoms with van der Waals surface area (Å²) in [7, 11) is 0. The number of ether oxygens (including phenoxy) is 1. The summed E-state index contributed by atoms with van der Waals surface area (Å²) in [6.07, 6.45) is -0.760. The molecule has 5 heteroatoms. The lowest BCUT2D eigenvalue weighted by Gasteiger charge is -2.15. The number of carbonyl (C=O) groups excluding carboxylic acids is 1. The molecule has 0 aliphatic rings. The highest BCUT2D eigenvalue weighted by Crippen LogP contribution is 2.15. The number of rotatable bonds is 5. The molecule has 0 aromatic heterocycles. The number of amides is 1. The predicted molar refractivity (Wildman–Crippen MR) is 77.5 cm³/mol. The van der Waals surface area contributed by atoms with Crippen LogP contribution in [0.15, 0.2) is 48.5 Å². The fourth-order valence-corrected chi connectivity index (χ4v) is 1.74. The van der Waals surface area contributed by atoms with Crippen molar-refractivity contribution in [1.29, 1.82) is 0 Å². The van der Waals surface area contributed by atoms with Crippen LogP contribution in [-0.4, -0.2) is 17.1 Å². The van der Waals surface area contributed by atoms with E-state index in [2.05, 4.69) is 5.32 Å². The highest BCUT2D eigenvalue weighted by Gasteiger charge is 2.15. The Morgan fingerprint density at radius 3 is 2.62 bits per heavy atom. The van der Waals surface area contributed by atoms with Crippen molar-refractivity contribution in [3.05, 3.63) is 59.9 Å². The minimum absolute atomic E-state index is 0.0483. The van der Waals surface area contributed by atoms with E-state index in [0.717, 1.165) is 5.56 Å². The molecule has 0 bridgehead atoms. The molecule has 21 heavy (non-hydrogen) atoms. The average Bonchev–Trinajstić information content (AvgIpc) is 2.48. The van der Waals surface area contributed by atoms with Gasteiger partial charge in [-0.2, -0.15) is 0 Å². The van der Waals surface area contributed by atoms with Crippen LogP contribution in [0.3, 0.4) is 0 Å². The number of nitrogens with one attached hydrogen (secondary N) is 1. The third-order valence-corrected chi connectivity index (χ3v) is 2.88. The Morgan fingerprint density at radius 1 is 1.29 bits per heavy atom. The van der Waals surface area contributed by atoms with Gasteiger partial charge in [0, 0.05) is 11.8 Å². The number of hydrogen-bond donors (Lipinski definition) is 2. The zero-order valence-electron chi connectivity index (χ0n) is 11.5. The molecule has 0 spiro atoms. The van der Waals surface area contributed by atoms with Crippen molar-refractivity contribution >= 4 is 11.6 Å². The van der Waals surface area contributed by atoms with Gasteiger partial charge in [0.1, 0.15) is 11.6 Å². The van der Waals surface area contributed by atoms with Crippen molar-refractivity contribution in [2.75, 3.05) is 5.32 Å². The summed E-state index contributed by atoms with van der Waals surface area (Å²) in [5, 5.41) is 11.6. The maximum absolute atomic E-state index is 13.0. The standard InChI is InChI=1S/C16H16FNO3/c1-11(21-15-4-2-3-13(17)9-15)16(20)18-14-7-5-12(10-19)6-8-14/h2-9,11,19H,10H2,1H3,(H,18,20). The summed E-state index contributed by atoms with van der Waals surface area (Å²) in [6, 6.07) is 12.4. The first-order chi connectivity index (χ1) is 10.1. The number of halogens is 1. The van der Waals surface area contributed by atoms with Crippen LogP contribution in [-0.2, 0) is 11.4 Å². The fraction of sp³-hybridized carbons (Fsp3) is 0.188. The molecular weight excluding hydrogens is 273 g/mol. The van der Waals surface area contributed by atoms with Gasteiger partial charge in [0.25, 0.3) is 5.91 Å². The molecule has 1 unspecified atom stereocenters. The third-order valence-electron chi connectivity index (χ3n) is 2.88. The van der Waals surface area contributed by atoms with Crippen LogP contribution in [0.5, 0.6) is 5.75 Å². The molecule has 0 radical (unpaired) electrons. The molecule has 110 valence electrons. The molecule has 0 aliphatic carbocycles. The molecule has 1 amide bonds. The van der Waals surface area contributed by atoms with Gasteiger partial charge >= 0.3 is 0 Å². The van der Waals surface area contributed by atoms with E-state index in [9.17, 15) is 9.18 Å². The van der Waals surface area contributed by atoms with Gasteiger partial charge in [-0.3, -0.25) is 4.79 Å². The Morgan fingerprint density at radius 2 is 2.00 bits per heavy atom. The van der Waals surface area contributed by atoms with E-state index < -0.39 is 11.9 Å². The first-order valence-electron chi connectivity index (χ1n) is 6.51. The summed E-state index contributed by atoms with van der Waals surface area (Å²) in [4.78, 5) is 12.0. The summed E-state index contributed by atoms with van der Waals surface area (Å²) >= 11 is 0. The normalized spacial score (nSPS) is 11.8. The van der Waals surface area contributed by atoms with Gasteiger partial charge in [0.15, 0.2) is 6.10 Å². The number of aliphatic hydroxyl groups excluding tert-OH is 1. The van der Waals surface area contributed by atoms with Crippen LogP contribution < -0.4 is 10.1 Å². The lowest BCUT2D eigenvalue weighted by molar-refractivity contribution is -0.122. The molecule has 0 heterocycles. The van der Waals surface area contributed by atoms with Crippen molar-refractivity contribution in [2.24, 2.45) is 0 Å². The number of hydrogen-bond acceptors (Lipinski definition) is 3. The molecule has 0 saturated heterocycles. The Hall–Kier alpha value is -2.40. The van der Waals surface area contributed by atoms with Gasteiger partial charge in [0.05, 0.1) is 6.61 Å². The summed E-state index contributed by atoms with van der Waals surface area (Å²) in [6.45, 7) is 1.54. The third kappa shape index (κ3) is 4.29. The quantitative estimate of drug-likeness (QED) is 0.889. The average molecular weight is 289 g/mol. The van der Waals surface area contributed by atoms with E-state index in [4.69, 9.17) is 9.84 Å². The number of aliphatic hydroxyl groups is 1. The summed E-state index contributed by atoms with van der Waals surface area (Å²) in [5.41, 5.74) is 1.36. The van der Waals surface area contributed by atoms with E-state index in [1.807, 2.05) is 0 Å². The van der Waals surface area contributed by atoms with Crippen LogP contribution >= 0.6 is 0 Å². The van der Waals surface area contributed by atoms with Crippen LogP contribution in [0.25, 0.3) is 0 Å². The first kappa shape index (κ1) is 15.0. The lowest BCUT2D eigenvalue weighted by atomic mass is 10.2. The van der Waals surface area contributed by atoms with Crippen molar-refractivity contribution < 1.29 is 19.0 Å². The van der Waals surface area contributed by atoms with Crippen LogP contribution in [0.1, 0.15) is 12.5 Å². The monoisotopic (exact) mass is 289 g/mol. The molecule has 1 atom stereocenters. The van der Waals surface area contributed by atoms with Crippen molar-refractivity contribution in [1.82, 2.24) is 0 Å². The van der Waals surface area contributed by atoms with Crippen LogP contribution in [0.2, 0.25) is 0 Å². The molecule has 2 rings (SSSR count). The maximum atomic E-state index is 13.0. The molecule has 0 aliphatic heterocycles. The van der Waals surface area contributed by atoms with Gasteiger partial charge in [-0.05, 0) is 36.8 Å². The van der Waals surface area contributed by atoms with E-state index in [1.54, 1.807) is 37.3 Å². The summed E-state index contributed by atoms with van der Waals surface area (Å²) in [5.74, 6) is -0.455. The second kappa shape index (κ2) is 6.85. The van der Waals surface area contributed by atoms with Crippen LogP contribution in [0.4, 0.5) is 10.1 Å². The zero-order chi connectivity index (χ0) is 15.2. The highest BCUT2D eigenvalue weighted by molar-refractivity contribution is 5.94. The fourth-order valence-electron chi connectivity index (χ4n) is 1.74. The van der Waals surface area contributed by atoms with Gasteiger partial charge in [-0.1, -0.05) is 18.2 Å². The molecule has 4 nitrogen and oxygen atoms in total. The van der Waals surface area contributed by atoms with Gasteiger partial charge < -0.3 is 15.2 Å². The second-order valence-electron chi connectivity index (χ2n) is 4.56. The Balaban J connectivity index is 1.95.